The van der Waals surface area contributed by atoms with Crippen LogP contribution < -0.4 is 10.6 Å². The molecule has 0 aliphatic carbocycles. The van der Waals surface area contributed by atoms with Gasteiger partial charge in [0.2, 0.25) is 5.95 Å². The summed E-state index contributed by atoms with van der Waals surface area (Å²) < 4.78 is 13.3. The van der Waals surface area contributed by atoms with Gasteiger partial charge in [-0.2, -0.15) is 5.26 Å². The summed E-state index contributed by atoms with van der Waals surface area (Å²) in [5, 5.41) is 14.5. The molecule has 8 heteroatoms. The van der Waals surface area contributed by atoms with Gasteiger partial charge in [0.15, 0.2) is 0 Å². The summed E-state index contributed by atoms with van der Waals surface area (Å²) >= 11 is 5.77. The Morgan fingerprint density at radius 3 is 2.70 bits per heavy atom. The van der Waals surface area contributed by atoms with Crippen LogP contribution in [0, 0.1) is 24.1 Å². The van der Waals surface area contributed by atoms with E-state index in [-0.39, 0.29) is 16.7 Å². The zero-order valence-electron chi connectivity index (χ0n) is 14.1. The molecule has 0 radical (unpaired) electrons. The van der Waals surface area contributed by atoms with Gasteiger partial charge in [0.25, 0.3) is 5.91 Å². The molecule has 2 aromatic carbocycles. The fourth-order valence-electron chi connectivity index (χ4n) is 2.31. The van der Waals surface area contributed by atoms with Gasteiger partial charge in [-0.3, -0.25) is 4.79 Å². The Bertz CT molecular complexity index is 1060. The number of aryl methyl sites for hydroxylation is 1. The molecule has 134 valence electrons. The van der Waals surface area contributed by atoms with Crippen LogP contribution in [0.15, 0.2) is 48.5 Å². The van der Waals surface area contributed by atoms with Gasteiger partial charge >= 0.3 is 0 Å². The zero-order valence-corrected chi connectivity index (χ0v) is 14.9. The molecule has 3 rings (SSSR count). The van der Waals surface area contributed by atoms with Crippen LogP contribution >= 0.6 is 11.6 Å². The average molecular weight is 382 g/mol. The smallest absolute Gasteiger partial charge is 0.274 e. The van der Waals surface area contributed by atoms with Gasteiger partial charge in [-0.05, 0) is 49.4 Å². The van der Waals surface area contributed by atoms with E-state index in [1.165, 1.54) is 24.3 Å². The largest absolute Gasteiger partial charge is 0.324 e. The third-order valence-corrected chi connectivity index (χ3v) is 3.80. The molecule has 1 amide bonds. The molecule has 2 N–H and O–H groups in total. The number of hydrogen-bond acceptors (Lipinski definition) is 5. The van der Waals surface area contributed by atoms with Crippen molar-refractivity contribution in [3.63, 3.8) is 0 Å². The minimum absolute atomic E-state index is 0.0389. The lowest BCUT2D eigenvalue weighted by Gasteiger charge is -2.09. The minimum atomic E-state index is -0.535. The van der Waals surface area contributed by atoms with Crippen molar-refractivity contribution in [1.82, 2.24) is 9.97 Å². The summed E-state index contributed by atoms with van der Waals surface area (Å²) in [5.74, 6) is -0.809. The van der Waals surface area contributed by atoms with Gasteiger partial charge in [-0.25, -0.2) is 14.4 Å². The molecule has 3 aromatic rings. The topological polar surface area (TPSA) is 90.7 Å². The lowest BCUT2D eigenvalue weighted by molar-refractivity contribution is 0.102. The van der Waals surface area contributed by atoms with E-state index in [1.54, 1.807) is 31.2 Å². The zero-order chi connectivity index (χ0) is 19.4. The summed E-state index contributed by atoms with van der Waals surface area (Å²) in [6, 6.07) is 14.2. The molecule has 1 heterocycles. The van der Waals surface area contributed by atoms with Crippen molar-refractivity contribution in [2.24, 2.45) is 0 Å². The van der Waals surface area contributed by atoms with Gasteiger partial charge in [-0.1, -0.05) is 17.7 Å². The number of benzene rings is 2. The Hall–Kier alpha value is -3.50. The molecule has 0 unspecified atom stereocenters. The van der Waals surface area contributed by atoms with Crippen LogP contribution in [0.1, 0.15) is 21.7 Å². The number of amides is 1. The number of nitrogens with one attached hydrogen (secondary N) is 2. The predicted molar refractivity (Wildman–Crippen MR) is 101 cm³/mol. The molecule has 0 fully saturated rings. The molecule has 0 aliphatic rings. The highest BCUT2D eigenvalue weighted by atomic mass is 35.5. The lowest BCUT2D eigenvalue weighted by Crippen LogP contribution is -2.15. The van der Waals surface area contributed by atoms with E-state index in [4.69, 9.17) is 16.9 Å². The predicted octanol–water partition coefficient (Wildman–Crippen LogP) is 4.45. The van der Waals surface area contributed by atoms with Crippen LogP contribution in [0.2, 0.25) is 5.02 Å². The van der Waals surface area contributed by atoms with Crippen molar-refractivity contribution in [3.05, 3.63) is 76.3 Å². The van der Waals surface area contributed by atoms with E-state index in [0.717, 1.165) is 0 Å². The summed E-state index contributed by atoms with van der Waals surface area (Å²) in [6.07, 6.45) is 0. The molecule has 0 bridgehead atoms. The van der Waals surface area contributed by atoms with Crippen molar-refractivity contribution >= 4 is 34.8 Å². The highest BCUT2D eigenvalue weighted by Gasteiger charge is 2.12. The number of nitrogens with zero attached hydrogens (tertiary/aromatic N) is 3. The molecule has 6 nitrogen and oxygen atoms in total. The van der Waals surface area contributed by atoms with Crippen LogP contribution in [-0.2, 0) is 0 Å². The monoisotopic (exact) mass is 381 g/mol. The summed E-state index contributed by atoms with van der Waals surface area (Å²) in [5.41, 5.74) is 2.11. The molecule has 1 aromatic heterocycles. The Kier molecular flexibility index (Phi) is 5.29. The number of aromatic nitrogens is 2. The van der Waals surface area contributed by atoms with E-state index in [2.05, 4.69) is 20.6 Å². The van der Waals surface area contributed by atoms with E-state index in [0.29, 0.717) is 22.6 Å². The Balaban J connectivity index is 1.82. The number of hydrogen-bond donors (Lipinski definition) is 2. The third kappa shape index (κ3) is 4.57. The van der Waals surface area contributed by atoms with Crippen LogP contribution in [-0.4, -0.2) is 15.9 Å². The molecule has 0 saturated carbocycles. The molecule has 27 heavy (non-hydrogen) atoms. The van der Waals surface area contributed by atoms with Crippen LogP contribution in [0.5, 0.6) is 0 Å². The van der Waals surface area contributed by atoms with Gasteiger partial charge < -0.3 is 10.6 Å². The second kappa shape index (κ2) is 7.81. The number of carbonyl (C=O) groups is 1. The first-order chi connectivity index (χ1) is 12.9. The van der Waals surface area contributed by atoms with Crippen LogP contribution in [0.25, 0.3) is 0 Å². The first-order valence-electron chi connectivity index (χ1n) is 7.84. The Labute approximate surface area is 159 Å². The molecule has 0 saturated heterocycles. The third-order valence-electron chi connectivity index (χ3n) is 3.51. The SMILES string of the molecule is Cc1cc(C(=O)Nc2cccc(C#N)c2)nc(Nc2ccc(F)c(Cl)c2)n1. The first-order valence-corrected chi connectivity index (χ1v) is 8.21. The Morgan fingerprint density at radius 2 is 1.96 bits per heavy atom. The van der Waals surface area contributed by atoms with Gasteiger partial charge in [0.1, 0.15) is 11.5 Å². The Morgan fingerprint density at radius 1 is 1.15 bits per heavy atom. The van der Waals surface area contributed by atoms with Crippen LogP contribution in [0.4, 0.5) is 21.7 Å². The minimum Gasteiger partial charge on any atom is -0.324 e. The molecular weight excluding hydrogens is 369 g/mol. The summed E-state index contributed by atoms with van der Waals surface area (Å²) in [6.45, 7) is 1.72. The fourth-order valence-corrected chi connectivity index (χ4v) is 2.49. The van der Waals surface area contributed by atoms with Crippen molar-refractivity contribution in [2.45, 2.75) is 6.92 Å². The number of carbonyl (C=O) groups excluding carboxylic acids is 1. The molecule has 0 aliphatic heterocycles. The summed E-state index contributed by atoms with van der Waals surface area (Å²) in [4.78, 5) is 20.9. The fraction of sp³-hybridized carbons (Fsp3) is 0.0526. The maximum Gasteiger partial charge on any atom is 0.274 e. The second-order valence-corrected chi connectivity index (χ2v) is 6.03. The molecule has 0 atom stereocenters. The number of halogens is 2. The number of rotatable bonds is 4. The van der Waals surface area contributed by atoms with Crippen LogP contribution in [0.3, 0.4) is 0 Å². The number of nitriles is 1. The van der Waals surface area contributed by atoms with E-state index in [1.807, 2.05) is 6.07 Å². The highest BCUT2D eigenvalue weighted by Crippen LogP contribution is 2.22. The lowest BCUT2D eigenvalue weighted by atomic mass is 10.2. The van der Waals surface area contributed by atoms with Crippen molar-refractivity contribution in [2.75, 3.05) is 10.6 Å². The van der Waals surface area contributed by atoms with Gasteiger partial charge in [0, 0.05) is 17.1 Å². The van der Waals surface area contributed by atoms with Gasteiger partial charge in [-0.15, -0.1) is 0 Å². The standard InChI is InChI=1S/C19H13ClFN5O/c1-11-7-17(18(27)24-13-4-2-3-12(8-13)10-22)26-19(23-11)25-14-5-6-16(21)15(20)9-14/h2-9H,1H3,(H,24,27)(H,23,25,26). The molecule has 0 spiro atoms. The number of anilines is 3. The molecular formula is C19H13ClFN5O. The first kappa shape index (κ1) is 18.3. The van der Waals surface area contributed by atoms with E-state index < -0.39 is 11.7 Å². The van der Waals surface area contributed by atoms with E-state index >= 15 is 0 Å². The normalized spacial score (nSPS) is 10.1. The summed E-state index contributed by atoms with van der Waals surface area (Å²) in [7, 11) is 0. The quantitative estimate of drug-likeness (QED) is 0.697. The highest BCUT2D eigenvalue weighted by molar-refractivity contribution is 6.31. The maximum absolute atomic E-state index is 13.3. The maximum atomic E-state index is 13.3. The van der Waals surface area contributed by atoms with Crippen molar-refractivity contribution in [3.8, 4) is 6.07 Å². The van der Waals surface area contributed by atoms with Crippen molar-refractivity contribution < 1.29 is 9.18 Å². The second-order valence-electron chi connectivity index (χ2n) is 5.62. The average Bonchev–Trinajstić information content (AvgIpc) is 2.64. The van der Waals surface area contributed by atoms with E-state index in [9.17, 15) is 9.18 Å². The van der Waals surface area contributed by atoms with Gasteiger partial charge in [0.05, 0.1) is 16.7 Å². The van der Waals surface area contributed by atoms with Crippen molar-refractivity contribution in [1.29, 1.82) is 5.26 Å².